The molecule has 16 heavy (non-hydrogen) atoms. The Labute approximate surface area is 108 Å². The van der Waals surface area contributed by atoms with Crippen LogP contribution in [0.25, 0.3) is 11.4 Å². The highest BCUT2D eigenvalue weighted by molar-refractivity contribution is 9.11. The molecule has 0 fully saturated rings. The topological polar surface area (TPSA) is 46.0 Å². The summed E-state index contributed by atoms with van der Waals surface area (Å²) in [6.45, 7) is 0. The molecule has 3 nitrogen and oxygen atoms in total. The summed E-state index contributed by atoms with van der Waals surface area (Å²) in [7, 11) is 0. The number of benzene rings is 1. The lowest BCUT2D eigenvalue weighted by Crippen LogP contribution is -1.91. The molecule has 0 unspecified atom stereocenters. The van der Waals surface area contributed by atoms with E-state index >= 15 is 0 Å². The van der Waals surface area contributed by atoms with E-state index in [1.165, 1.54) is 12.1 Å². The van der Waals surface area contributed by atoms with E-state index < -0.39 is 5.82 Å². The maximum Gasteiger partial charge on any atom is 0.161 e. The minimum absolute atomic E-state index is 0.158. The summed E-state index contributed by atoms with van der Waals surface area (Å²) in [5.41, 5.74) is 0.416. The van der Waals surface area contributed by atoms with Crippen molar-refractivity contribution >= 4 is 31.9 Å². The Morgan fingerprint density at radius 3 is 2.19 bits per heavy atom. The molecule has 0 aliphatic rings. The molecule has 0 spiro atoms. The van der Waals surface area contributed by atoms with Crippen molar-refractivity contribution in [2.45, 2.75) is 0 Å². The molecule has 2 aromatic rings. The van der Waals surface area contributed by atoms with Gasteiger partial charge in [-0.15, -0.1) is 0 Å². The Hall–Kier alpha value is -1.01. The number of phenolic OH excluding ortho intramolecular Hbond substituents is 1. The zero-order chi connectivity index (χ0) is 11.7. The fourth-order valence-corrected chi connectivity index (χ4v) is 2.30. The molecule has 0 aliphatic heterocycles. The molecule has 1 aromatic heterocycles. The molecule has 0 bridgehead atoms. The van der Waals surface area contributed by atoms with E-state index in [-0.39, 0.29) is 5.75 Å². The van der Waals surface area contributed by atoms with Crippen LogP contribution in [0.5, 0.6) is 5.75 Å². The van der Waals surface area contributed by atoms with Crippen LogP contribution in [-0.2, 0) is 0 Å². The standard InChI is InChI=1S/C10H5Br2FN2O/c11-8-4-9(12)15-10(14-8)5-1-6(13)3-7(16)2-5/h1-4,16H. The van der Waals surface area contributed by atoms with Crippen LogP contribution in [0.15, 0.2) is 33.5 Å². The molecule has 6 heteroatoms. The van der Waals surface area contributed by atoms with Gasteiger partial charge in [0.25, 0.3) is 0 Å². The van der Waals surface area contributed by atoms with Crippen LogP contribution in [0.4, 0.5) is 4.39 Å². The fraction of sp³-hybridized carbons (Fsp3) is 0. The summed E-state index contributed by atoms with van der Waals surface area (Å²) in [6, 6.07) is 5.35. The molecule has 0 aliphatic carbocycles. The van der Waals surface area contributed by atoms with Gasteiger partial charge in [0.15, 0.2) is 5.82 Å². The SMILES string of the molecule is Oc1cc(F)cc(-c2nc(Br)cc(Br)n2)c1. The molecule has 0 radical (unpaired) electrons. The number of nitrogens with zero attached hydrogens (tertiary/aromatic N) is 2. The van der Waals surface area contributed by atoms with E-state index in [2.05, 4.69) is 41.8 Å². The van der Waals surface area contributed by atoms with Crippen molar-refractivity contribution in [2.24, 2.45) is 0 Å². The van der Waals surface area contributed by atoms with Gasteiger partial charge in [-0.05, 0) is 44.0 Å². The smallest absolute Gasteiger partial charge is 0.161 e. The van der Waals surface area contributed by atoms with Gasteiger partial charge in [-0.1, -0.05) is 0 Å². The summed E-state index contributed by atoms with van der Waals surface area (Å²) < 4.78 is 14.2. The third-order valence-corrected chi connectivity index (χ3v) is 2.62. The van der Waals surface area contributed by atoms with E-state index in [0.717, 1.165) is 6.07 Å². The number of aromatic hydroxyl groups is 1. The predicted octanol–water partition coefficient (Wildman–Crippen LogP) is 3.51. The first kappa shape index (κ1) is 11.5. The molecule has 0 saturated carbocycles. The van der Waals surface area contributed by atoms with Gasteiger partial charge in [0.2, 0.25) is 0 Å². The van der Waals surface area contributed by atoms with Crippen molar-refractivity contribution in [1.29, 1.82) is 0 Å². The van der Waals surface area contributed by atoms with E-state index in [1.54, 1.807) is 6.07 Å². The van der Waals surface area contributed by atoms with Crippen molar-refractivity contribution in [1.82, 2.24) is 9.97 Å². The first-order valence-electron chi connectivity index (χ1n) is 4.24. The largest absolute Gasteiger partial charge is 0.508 e. The molecular weight excluding hydrogens is 343 g/mol. The van der Waals surface area contributed by atoms with Crippen LogP contribution in [0.2, 0.25) is 0 Å². The summed E-state index contributed by atoms with van der Waals surface area (Å²) in [6.07, 6.45) is 0. The molecule has 0 saturated heterocycles. The van der Waals surface area contributed by atoms with Crippen molar-refractivity contribution in [2.75, 3.05) is 0 Å². The molecule has 1 N–H and O–H groups in total. The highest BCUT2D eigenvalue weighted by atomic mass is 79.9. The fourth-order valence-electron chi connectivity index (χ4n) is 1.22. The van der Waals surface area contributed by atoms with Gasteiger partial charge in [0.05, 0.1) is 0 Å². The van der Waals surface area contributed by atoms with E-state index in [0.29, 0.717) is 20.6 Å². The Morgan fingerprint density at radius 1 is 1.00 bits per heavy atom. The second-order valence-electron chi connectivity index (χ2n) is 3.04. The lowest BCUT2D eigenvalue weighted by Gasteiger charge is -2.02. The Kier molecular flexibility index (Phi) is 3.20. The molecule has 0 atom stereocenters. The second-order valence-corrected chi connectivity index (χ2v) is 4.66. The third-order valence-electron chi connectivity index (χ3n) is 1.80. The van der Waals surface area contributed by atoms with Gasteiger partial charge in [-0.25, -0.2) is 14.4 Å². The van der Waals surface area contributed by atoms with E-state index in [9.17, 15) is 9.50 Å². The number of rotatable bonds is 1. The van der Waals surface area contributed by atoms with Crippen LogP contribution in [0.1, 0.15) is 0 Å². The normalized spacial score (nSPS) is 10.4. The maximum absolute atomic E-state index is 13.1. The number of aromatic nitrogens is 2. The maximum atomic E-state index is 13.1. The minimum Gasteiger partial charge on any atom is -0.508 e. The second kappa shape index (κ2) is 4.47. The summed E-state index contributed by atoms with van der Waals surface area (Å²) in [5, 5.41) is 9.27. The average molecular weight is 348 g/mol. The molecule has 0 amide bonds. The number of hydrogen-bond donors (Lipinski definition) is 1. The van der Waals surface area contributed by atoms with Gasteiger partial charge in [0, 0.05) is 17.7 Å². The quantitative estimate of drug-likeness (QED) is 0.803. The van der Waals surface area contributed by atoms with Crippen LogP contribution >= 0.6 is 31.9 Å². The van der Waals surface area contributed by atoms with E-state index in [4.69, 9.17) is 0 Å². The molecule has 1 aromatic carbocycles. The van der Waals surface area contributed by atoms with Crippen LogP contribution in [0, 0.1) is 5.82 Å². The number of halogens is 3. The zero-order valence-corrected chi connectivity index (χ0v) is 11.0. The molecule has 1 heterocycles. The van der Waals surface area contributed by atoms with Gasteiger partial charge in [0.1, 0.15) is 20.8 Å². The summed E-state index contributed by atoms with van der Waals surface area (Å²) >= 11 is 6.42. The highest BCUT2D eigenvalue weighted by Gasteiger charge is 2.07. The van der Waals surface area contributed by atoms with Crippen molar-refractivity contribution in [3.8, 4) is 17.1 Å². The predicted molar refractivity (Wildman–Crippen MR) is 64.5 cm³/mol. The third kappa shape index (κ3) is 2.56. The van der Waals surface area contributed by atoms with Crippen LogP contribution < -0.4 is 0 Å². The molecule has 82 valence electrons. The van der Waals surface area contributed by atoms with E-state index in [1.807, 2.05) is 0 Å². The van der Waals surface area contributed by atoms with Crippen molar-refractivity contribution < 1.29 is 9.50 Å². The number of phenols is 1. The first-order valence-corrected chi connectivity index (χ1v) is 5.83. The lowest BCUT2D eigenvalue weighted by molar-refractivity contribution is 0.469. The average Bonchev–Trinajstić information content (AvgIpc) is 2.14. The zero-order valence-electron chi connectivity index (χ0n) is 7.78. The minimum atomic E-state index is -0.533. The number of hydrogen-bond acceptors (Lipinski definition) is 3. The van der Waals surface area contributed by atoms with Crippen molar-refractivity contribution in [3.05, 3.63) is 39.3 Å². The van der Waals surface area contributed by atoms with Crippen LogP contribution in [0.3, 0.4) is 0 Å². The summed E-state index contributed by atoms with van der Waals surface area (Å²) in [5.74, 6) is -0.361. The highest BCUT2D eigenvalue weighted by Crippen LogP contribution is 2.24. The Morgan fingerprint density at radius 2 is 1.62 bits per heavy atom. The Bertz CT molecular complexity index is 458. The molecular formula is C10H5Br2FN2O. The monoisotopic (exact) mass is 346 g/mol. The van der Waals surface area contributed by atoms with Crippen molar-refractivity contribution in [3.63, 3.8) is 0 Å². The van der Waals surface area contributed by atoms with Gasteiger partial charge in [-0.2, -0.15) is 0 Å². The van der Waals surface area contributed by atoms with Gasteiger partial charge < -0.3 is 5.11 Å². The Balaban J connectivity index is 2.57. The van der Waals surface area contributed by atoms with Gasteiger partial charge >= 0.3 is 0 Å². The van der Waals surface area contributed by atoms with Gasteiger partial charge in [-0.3, -0.25) is 0 Å². The van der Waals surface area contributed by atoms with Crippen LogP contribution in [-0.4, -0.2) is 15.1 Å². The lowest BCUT2D eigenvalue weighted by atomic mass is 10.2. The molecule has 2 rings (SSSR count). The summed E-state index contributed by atoms with van der Waals surface area (Å²) in [4.78, 5) is 8.17. The first-order chi connectivity index (χ1) is 7.54.